The summed E-state index contributed by atoms with van der Waals surface area (Å²) in [5, 5.41) is 2.29. The molecule has 1 spiro atoms. The van der Waals surface area contributed by atoms with Gasteiger partial charge < -0.3 is 19.3 Å². The second-order valence-corrected chi connectivity index (χ2v) is 10.8. The van der Waals surface area contributed by atoms with Crippen molar-refractivity contribution in [1.82, 2.24) is 9.80 Å². The van der Waals surface area contributed by atoms with Gasteiger partial charge in [0, 0.05) is 13.1 Å². The van der Waals surface area contributed by atoms with E-state index in [4.69, 9.17) is 9.47 Å². The Labute approximate surface area is 231 Å². The topological polar surface area (TPSA) is 59.1 Å². The lowest BCUT2D eigenvalue weighted by atomic mass is 9.90. The van der Waals surface area contributed by atoms with Gasteiger partial charge in [-0.15, -0.1) is 0 Å². The highest BCUT2D eigenvalue weighted by Gasteiger charge is 2.46. The predicted molar refractivity (Wildman–Crippen MR) is 154 cm³/mol. The van der Waals surface area contributed by atoms with Crippen molar-refractivity contribution >= 4 is 22.6 Å². The van der Waals surface area contributed by atoms with Gasteiger partial charge in [-0.05, 0) is 60.1 Å². The van der Waals surface area contributed by atoms with E-state index in [0.717, 1.165) is 54.2 Å². The van der Waals surface area contributed by atoms with Gasteiger partial charge in [-0.25, -0.2) is 0 Å². The van der Waals surface area contributed by atoms with Gasteiger partial charge in [-0.3, -0.25) is 9.59 Å². The van der Waals surface area contributed by atoms with Gasteiger partial charge in [0.2, 0.25) is 5.91 Å². The Balaban J connectivity index is 1.35. The second-order valence-electron chi connectivity index (χ2n) is 10.8. The summed E-state index contributed by atoms with van der Waals surface area (Å²) in [6.07, 6.45) is 5.51. The lowest BCUT2D eigenvalue weighted by Gasteiger charge is -2.44. The highest BCUT2D eigenvalue weighted by molar-refractivity contribution is 5.88. The number of amides is 2. The van der Waals surface area contributed by atoms with Crippen LogP contribution in [0.4, 0.5) is 0 Å². The van der Waals surface area contributed by atoms with Crippen LogP contribution < -0.4 is 4.74 Å². The molecule has 2 heterocycles. The first-order chi connectivity index (χ1) is 19.1. The summed E-state index contributed by atoms with van der Waals surface area (Å²) >= 11 is 0. The number of nitrogens with zero attached hydrogens (tertiary/aromatic N) is 2. The Morgan fingerprint density at radius 2 is 1.77 bits per heavy atom. The maximum absolute atomic E-state index is 14.2. The Hall–Kier alpha value is -3.38. The molecule has 1 atom stereocenters. The molecule has 5 rings (SSSR count). The quantitative estimate of drug-likeness (QED) is 0.444. The van der Waals surface area contributed by atoms with Crippen LogP contribution in [0.15, 0.2) is 66.7 Å². The van der Waals surface area contributed by atoms with Crippen molar-refractivity contribution in [3.05, 3.63) is 77.9 Å². The fourth-order valence-corrected chi connectivity index (χ4v) is 5.81. The second kappa shape index (κ2) is 12.6. The number of hydrogen-bond donors (Lipinski definition) is 0. The molecule has 1 saturated heterocycles. The maximum atomic E-state index is 14.2. The third kappa shape index (κ3) is 6.44. The zero-order valence-corrected chi connectivity index (χ0v) is 23.1. The number of benzene rings is 3. The van der Waals surface area contributed by atoms with Gasteiger partial charge in [0.25, 0.3) is 5.91 Å². The normalized spacial score (nSPS) is 20.7. The number of rotatable bonds is 5. The zero-order chi connectivity index (χ0) is 27.1. The van der Waals surface area contributed by atoms with E-state index in [1.54, 1.807) is 0 Å². The van der Waals surface area contributed by atoms with Gasteiger partial charge >= 0.3 is 0 Å². The summed E-state index contributed by atoms with van der Waals surface area (Å²) < 4.78 is 12.5. The number of aryl methyl sites for hydroxylation is 1. The number of fused-ring (bicyclic) bond motifs is 2. The van der Waals surface area contributed by atoms with Crippen molar-refractivity contribution in [2.45, 2.75) is 57.5 Å². The molecule has 6 nitrogen and oxygen atoms in total. The minimum atomic E-state index is -1.01. The van der Waals surface area contributed by atoms with Gasteiger partial charge in [-0.1, -0.05) is 74.0 Å². The molecule has 39 heavy (non-hydrogen) atoms. The first-order valence-corrected chi connectivity index (χ1v) is 14.5. The number of carbonyl (C=O) groups is 2. The predicted octanol–water partition coefficient (Wildman–Crippen LogP) is 5.41. The summed E-state index contributed by atoms with van der Waals surface area (Å²) in [5.41, 5.74) is 1.18. The third-order valence-electron chi connectivity index (χ3n) is 8.03. The maximum Gasteiger partial charge on any atom is 0.256 e. The Morgan fingerprint density at radius 1 is 0.949 bits per heavy atom. The standard InChI is InChI=1S/C33H40N2O4/c1-2-3-18-34-19-21-38-30-14-7-6-11-28(30)12-8-9-17-33(32(34)37)25-35(20-22-39-33)31(36)24-26-15-16-27-10-4-5-13-29(27)23-26/h4-7,10-11,13-16,23H,2-3,8-9,12,17-22,24-25H2,1H3. The lowest BCUT2D eigenvalue weighted by molar-refractivity contribution is -0.176. The van der Waals surface area contributed by atoms with Crippen molar-refractivity contribution in [3.8, 4) is 5.75 Å². The summed E-state index contributed by atoms with van der Waals surface area (Å²) in [5.74, 6) is 0.955. The van der Waals surface area contributed by atoms with E-state index >= 15 is 0 Å². The number of hydrogen-bond acceptors (Lipinski definition) is 4. The summed E-state index contributed by atoms with van der Waals surface area (Å²) in [7, 11) is 0. The van der Waals surface area contributed by atoms with E-state index in [2.05, 4.69) is 43.3 Å². The van der Waals surface area contributed by atoms with Crippen molar-refractivity contribution in [1.29, 1.82) is 0 Å². The van der Waals surface area contributed by atoms with Gasteiger partial charge in [0.05, 0.1) is 26.1 Å². The number of carbonyl (C=O) groups excluding carboxylic acids is 2. The van der Waals surface area contributed by atoms with Crippen LogP contribution in [-0.4, -0.2) is 66.6 Å². The smallest absolute Gasteiger partial charge is 0.256 e. The monoisotopic (exact) mass is 528 g/mol. The molecule has 1 fully saturated rings. The van der Waals surface area contributed by atoms with Crippen LogP contribution in [-0.2, 0) is 27.2 Å². The highest BCUT2D eigenvalue weighted by Crippen LogP contribution is 2.30. The summed E-state index contributed by atoms with van der Waals surface area (Å²) in [6.45, 7) is 4.92. The van der Waals surface area contributed by atoms with Crippen LogP contribution in [0, 0.1) is 0 Å². The van der Waals surface area contributed by atoms with Crippen LogP contribution in [0.2, 0.25) is 0 Å². The average molecular weight is 529 g/mol. The highest BCUT2D eigenvalue weighted by atomic mass is 16.5. The van der Waals surface area contributed by atoms with Crippen molar-refractivity contribution in [2.24, 2.45) is 0 Å². The lowest BCUT2D eigenvalue weighted by Crippen LogP contribution is -2.62. The fraction of sp³-hybridized carbons (Fsp3) is 0.455. The Morgan fingerprint density at radius 3 is 2.64 bits per heavy atom. The molecule has 0 radical (unpaired) electrons. The largest absolute Gasteiger partial charge is 0.491 e. The summed E-state index contributed by atoms with van der Waals surface area (Å²) in [6, 6.07) is 22.6. The van der Waals surface area contributed by atoms with Gasteiger partial charge in [-0.2, -0.15) is 0 Å². The van der Waals surface area contributed by atoms with Gasteiger partial charge in [0.1, 0.15) is 12.4 Å². The first-order valence-electron chi connectivity index (χ1n) is 14.5. The molecule has 0 aliphatic carbocycles. The summed E-state index contributed by atoms with van der Waals surface area (Å²) in [4.78, 5) is 31.5. The Bertz CT molecular complexity index is 1290. The van der Waals surface area contributed by atoms with E-state index in [9.17, 15) is 9.59 Å². The van der Waals surface area contributed by atoms with E-state index < -0.39 is 5.60 Å². The number of unbranched alkanes of at least 4 members (excludes halogenated alkanes) is 1. The van der Waals surface area contributed by atoms with Crippen molar-refractivity contribution in [3.63, 3.8) is 0 Å². The van der Waals surface area contributed by atoms with Gasteiger partial charge in [0.15, 0.2) is 5.60 Å². The molecule has 1 unspecified atom stereocenters. The van der Waals surface area contributed by atoms with Crippen LogP contribution in [0.1, 0.15) is 50.2 Å². The van der Waals surface area contributed by atoms with Crippen molar-refractivity contribution in [2.75, 3.05) is 39.4 Å². The van der Waals surface area contributed by atoms with E-state index in [1.165, 1.54) is 5.56 Å². The number of morpholine rings is 1. The number of para-hydroxylation sites is 1. The van der Waals surface area contributed by atoms with Crippen LogP contribution in [0.3, 0.4) is 0 Å². The van der Waals surface area contributed by atoms with Crippen LogP contribution in [0.25, 0.3) is 10.8 Å². The number of ether oxygens (including phenoxy) is 2. The minimum Gasteiger partial charge on any atom is -0.491 e. The molecule has 2 aliphatic rings. The molecule has 0 aromatic heterocycles. The first kappa shape index (κ1) is 27.2. The molecule has 206 valence electrons. The van der Waals surface area contributed by atoms with Crippen molar-refractivity contribution < 1.29 is 19.1 Å². The van der Waals surface area contributed by atoms with E-state index in [1.807, 2.05) is 40.1 Å². The molecule has 0 saturated carbocycles. The average Bonchev–Trinajstić information content (AvgIpc) is 2.97. The van der Waals surface area contributed by atoms with E-state index in [0.29, 0.717) is 52.2 Å². The molecule has 0 bridgehead atoms. The van der Waals surface area contributed by atoms with E-state index in [-0.39, 0.29) is 11.8 Å². The third-order valence-corrected chi connectivity index (χ3v) is 8.03. The van der Waals surface area contributed by atoms with Crippen LogP contribution in [0.5, 0.6) is 5.75 Å². The molecule has 6 heteroatoms. The molecule has 3 aromatic carbocycles. The molecule has 2 aliphatic heterocycles. The molecular formula is C33H40N2O4. The molecule has 3 aromatic rings. The minimum absolute atomic E-state index is 0.00314. The molecule has 0 N–H and O–H groups in total. The molecule has 2 amide bonds. The van der Waals surface area contributed by atoms with Crippen LogP contribution >= 0.6 is 0 Å². The Kier molecular flexibility index (Phi) is 8.82. The molecular weight excluding hydrogens is 488 g/mol. The SMILES string of the molecule is CCCCN1CCOc2ccccc2CCCCC2(CN(C(=O)Cc3ccc4ccccc4c3)CCO2)C1=O. The zero-order valence-electron chi connectivity index (χ0n) is 23.1. The fourth-order valence-electron chi connectivity index (χ4n) is 5.81.